The number of benzene rings is 2. The minimum Gasteiger partial charge on any atom is -0.369 e. The molecule has 0 aromatic heterocycles. The summed E-state index contributed by atoms with van der Waals surface area (Å²) in [4.78, 5) is 31.2. The average Bonchev–Trinajstić information content (AvgIpc) is 2.99. The summed E-state index contributed by atoms with van der Waals surface area (Å²) in [5.41, 5.74) is 0.697. The van der Waals surface area contributed by atoms with Gasteiger partial charge in [-0.05, 0) is 43.7 Å². The molecule has 3 amide bonds. The van der Waals surface area contributed by atoms with Crippen LogP contribution in [0.4, 0.5) is 14.9 Å². The van der Waals surface area contributed by atoms with Crippen molar-refractivity contribution in [3.63, 3.8) is 0 Å². The van der Waals surface area contributed by atoms with E-state index in [2.05, 4.69) is 15.1 Å². The Hall–Kier alpha value is -2.93. The smallest absolute Gasteiger partial charge is 0.325 e. The number of hydrogen-bond acceptors (Lipinski definition) is 4. The third kappa shape index (κ3) is 4.03. The molecule has 4 rings (SSSR count). The minimum atomic E-state index is -1.01. The van der Waals surface area contributed by atoms with Gasteiger partial charge >= 0.3 is 6.03 Å². The highest BCUT2D eigenvalue weighted by Crippen LogP contribution is 2.28. The van der Waals surface area contributed by atoms with E-state index in [0.717, 1.165) is 50.4 Å². The van der Waals surface area contributed by atoms with Crippen molar-refractivity contribution in [2.45, 2.75) is 18.9 Å². The largest absolute Gasteiger partial charge is 0.369 e. The molecule has 0 aliphatic carbocycles. The van der Waals surface area contributed by atoms with Crippen LogP contribution >= 0.6 is 0 Å². The zero-order valence-corrected chi connectivity index (χ0v) is 17.2. The first-order valence-electron chi connectivity index (χ1n) is 10.4. The molecule has 2 heterocycles. The van der Waals surface area contributed by atoms with Gasteiger partial charge in [0, 0.05) is 38.4 Å². The van der Waals surface area contributed by atoms with Crippen LogP contribution in [-0.2, 0) is 10.3 Å². The Morgan fingerprint density at radius 2 is 1.70 bits per heavy atom. The van der Waals surface area contributed by atoms with E-state index in [-0.39, 0.29) is 17.8 Å². The van der Waals surface area contributed by atoms with Crippen molar-refractivity contribution in [1.29, 1.82) is 0 Å². The number of amides is 3. The lowest BCUT2D eigenvalue weighted by atomic mass is 9.92. The summed E-state index contributed by atoms with van der Waals surface area (Å²) in [6.45, 7) is 6.38. The number of rotatable bonds is 6. The second kappa shape index (κ2) is 8.44. The number of imide groups is 1. The van der Waals surface area contributed by atoms with Crippen molar-refractivity contribution < 1.29 is 14.0 Å². The molecular weight excluding hydrogens is 383 g/mol. The van der Waals surface area contributed by atoms with E-state index in [0.29, 0.717) is 6.54 Å². The van der Waals surface area contributed by atoms with Crippen molar-refractivity contribution >= 4 is 17.6 Å². The number of halogens is 1. The number of carbonyl (C=O) groups excluding carboxylic acids is 2. The maximum absolute atomic E-state index is 13.4. The first kappa shape index (κ1) is 20.3. The SMILES string of the molecule is CC1(c2ccccc2)NC(=O)N(CCCN2CCN(c3cccc(F)c3)CC2)C1=O. The summed E-state index contributed by atoms with van der Waals surface area (Å²) in [6.07, 6.45) is 0.726. The molecule has 0 bridgehead atoms. The van der Waals surface area contributed by atoms with Gasteiger partial charge in [-0.3, -0.25) is 14.6 Å². The summed E-state index contributed by atoms with van der Waals surface area (Å²) in [7, 11) is 0. The van der Waals surface area contributed by atoms with Crippen molar-refractivity contribution in [1.82, 2.24) is 15.1 Å². The molecule has 158 valence electrons. The Bertz CT molecular complexity index is 914. The molecule has 0 radical (unpaired) electrons. The van der Waals surface area contributed by atoms with Crippen molar-refractivity contribution in [2.75, 3.05) is 44.2 Å². The summed E-state index contributed by atoms with van der Waals surface area (Å²) >= 11 is 0. The summed E-state index contributed by atoms with van der Waals surface area (Å²) < 4.78 is 13.4. The minimum absolute atomic E-state index is 0.199. The fraction of sp³-hybridized carbons (Fsp3) is 0.391. The number of hydrogen-bond donors (Lipinski definition) is 1. The maximum Gasteiger partial charge on any atom is 0.325 e. The predicted molar refractivity (Wildman–Crippen MR) is 114 cm³/mol. The summed E-state index contributed by atoms with van der Waals surface area (Å²) in [6, 6.07) is 15.7. The van der Waals surface area contributed by atoms with Gasteiger partial charge in [0.15, 0.2) is 0 Å². The van der Waals surface area contributed by atoms with Crippen LogP contribution in [0.15, 0.2) is 54.6 Å². The van der Waals surface area contributed by atoms with E-state index in [1.165, 1.54) is 11.0 Å². The zero-order valence-electron chi connectivity index (χ0n) is 17.2. The van der Waals surface area contributed by atoms with E-state index >= 15 is 0 Å². The summed E-state index contributed by atoms with van der Waals surface area (Å²) in [5.74, 6) is -0.416. The van der Waals surface area contributed by atoms with Crippen LogP contribution in [0.5, 0.6) is 0 Å². The van der Waals surface area contributed by atoms with E-state index in [9.17, 15) is 14.0 Å². The monoisotopic (exact) mass is 410 g/mol. The standard InChI is InChI=1S/C23H27FN4O2/c1-23(18-7-3-2-4-8-18)21(29)28(22(30)25-23)12-6-11-26-13-15-27(16-14-26)20-10-5-9-19(24)17-20/h2-5,7-10,17H,6,11-16H2,1H3,(H,25,30). The lowest BCUT2D eigenvalue weighted by Gasteiger charge is -2.36. The first-order valence-corrected chi connectivity index (χ1v) is 10.4. The van der Waals surface area contributed by atoms with Gasteiger partial charge in [0.25, 0.3) is 5.91 Å². The van der Waals surface area contributed by atoms with E-state index in [4.69, 9.17) is 0 Å². The Morgan fingerprint density at radius 3 is 2.40 bits per heavy atom. The molecule has 2 aliphatic heterocycles. The average molecular weight is 410 g/mol. The van der Waals surface area contributed by atoms with E-state index in [1.807, 2.05) is 36.4 Å². The Balaban J connectivity index is 1.27. The first-order chi connectivity index (χ1) is 14.5. The van der Waals surface area contributed by atoms with Crippen LogP contribution in [-0.4, -0.2) is 61.0 Å². The van der Waals surface area contributed by atoms with Gasteiger partial charge in [-0.15, -0.1) is 0 Å². The Labute approximate surface area is 176 Å². The molecule has 2 fully saturated rings. The fourth-order valence-electron chi connectivity index (χ4n) is 4.22. The second-order valence-electron chi connectivity index (χ2n) is 8.04. The van der Waals surface area contributed by atoms with Crippen LogP contribution in [0.2, 0.25) is 0 Å². The molecule has 30 heavy (non-hydrogen) atoms. The van der Waals surface area contributed by atoms with Gasteiger partial charge < -0.3 is 10.2 Å². The van der Waals surface area contributed by atoms with Crippen LogP contribution in [0.1, 0.15) is 18.9 Å². The Kier molecular flexibility index (Phi) is 5.72. The molecule has 1 unspecified atom stereocenters. The van der Waals surface area contributed by atoms with Crippen LogP contribution < -0.4 is 10.2 Å². The van der Waals surface area contributed by atoms with Crippen molar-refractivity contribution in [3.05, 3.63) is 66.0 Å². The van der Waals surface area contributed by atoms with Gasteiger partial charge in [0.1, 0.15) is 11.4 Å². The molecule has 2 aromatic rings. The third-order valence-corrected chi connectivity index (χ3v) is 6.03. The lowest BCUT2D eigenvalue weighted by molar-refractivity contribution is -0.131. The van der Waals surface area contributed by atoms with Gasteiger partial charge in [-0.1, -0.05) is 36.4 Å². The van der Waals surface area contributed by atoms with Crippen LogP contribution in [0.3, 0.4) is 0 Å². The number of nitrogens with zero attached hydrogens (tertiary/aromatic N) is 3. The Morgan fingerprint density at radius 1 is 0.967 bits per heavy atom. The van der Waals surface area contributed by atoms with Crippen LogP contribution in [0.25, 0.3) is 0 Å². The lowest BCUT2D eigenvalue weighted by Crippen LogP contribution is -2.47. The van der Waals surface area contributed by atoms with Gasteiger partial charge in [0.2, 0.25) is 0 Å². The molecule has 0 saturated carbocycles. The maximum atomic E-state index is 13.4. The number of piperazine rings is 1. The summed E-state index contributed by atoms with van der Waals surface area (Å²) in [5, 5.41) is 2.85. The molecule has 2 saturated heterocycles. The van der Waals surface area contributed by atoms with Crippen molar-refractivity contribution in [3.8, 4) is 0 Å². The topological polar surface area (TPSA) is 55.9 Å². The van der Waals surface area contributed by atoms with E-state index < -0.39 is 5.54 Å². The molecular formula is C23H27FN4O2. The normalized spacial score (nSPS) is 22.5. The fourth-order valence-corrected chi connectivity index (χ4v) is 4.22. The number of carbonyl (C=O) groups is 2. The van der Waals surface area contributed by atoms with E-state index in [1.54, 1.807) is 19.1 Å². The molecule has 6 nitrogen and oxygen atoms in total. The van der Waals surface area contributed by atoms with Gasteiger partial charge in [-0.25, -0.2) is 9.18 Å². The number of nitrogens with one attached hydrogen (secondary N) is 1. The highest BCUT2D eigenvalue weighted by Gasteiger charge is 2.48. The number of anilines is 1. The highest BCUT2D eigenvalue weighted by atomic mass is 19.1. The van der Waals surface area contributed by atoms with Crippen LogP contribution in [0, 0.1) is 5.82 Å². The number of urea groups is 1. The quantitative estimate of drug-likeness (QED) is 0.744. The predicted octanol–water partition coefficient (Wildman–Crippen LogP) is 2.81. The molecule has 2 aromatic carbocycles. The molecule has 1 N–H and O–H groups in total. The zero-order chi connectivity index (χ0) is 21.1. The highest BCUT2D eigenvalue weighted by molar-refractivity contribution is 6.07. The third-order valence-electron chi connectivity index (χ3n) is 6.03. The molecule has 7 heteroatoms. The molecule has 2 aliphatic rings. The molecule has 1 atom stereocenters. The van der Waals surface area contributed by atoms with Crippen molar-refractivity contribution in [2.24, 2.45) is 0 Å². The second-order valence-corrected chi connectivity index (χ2v) is 8.04. The van der Waals surface area contributed by atoms with Gasteiger partial charge in [0.05, 0.1) is 0 Å². The van der Waals surface area contributed by atoms with Gasteiger partial charge in [-0.2, -0.15) is 0 Å². The molecule has 0 spiro atoms.